The molecule has 5 heteroatoms. The van der Waals surface area contributed by atoms with Crippen LogP contribution in [0.5, 0.6) is 0 Å². The minimum atomic E-state index is -3.37. The van der Waals surface area contributed by atoms with E-state index in [1.807, 2.05) is 13.8 Å². The van der Waals surface area contributed by atoms with E-state index >= 15 is 0 Å². The molecule has 0 bridgehead atoms. The van der Waals surface area contributed by atoms with Crippen molar-refractivity contribution in [1.82, 2.24) is 4.31 Å². The summed E-state index contributed by atoms with van der Waals surface area (Å²) in [6, 6.07) is 5.30. The zero-order valence-electron chi connectivity index (χ0n) is 11.6. The second-order valence-electron chi connectivity index (χ2n) is 5.39. The van der Waals surface area contributed by atoms with Crippen LogP contribution in [0, 0.1) is 12.8 Å². The molecular formula is C14H20BrNO2S. The molecule has 106 valence electrons. The van der Waals surface area contributed by atoms with Crippen LogP contribution in [0.15, 0.2) is 27.6 Å². The molecule has 1 aromatic rings. The molecule has 0 amide bonds. The van der Waals surface area contributed by atoms with Gasteiger partial charge in [0.25, 0.3) is 0 Å². The minimum absolute atomic E-state index is 0.0719. The summed E-state index contributed by atoms with van der Waals surface area (Å²) in [7, 11) is -3.37. The third-order valence-electron chi connectivity index (χ3n) is 4.05. The van der Waals surface area contributed by atoms with E-state index in [1.54, 1.807) is 22.5 Å². The molecule has 2 unspecified atom stereocenters. The van der Waals surface area contributed by atoms with Crippen LogP contribution >= 0.6 is 15.9 Å². The maximum atomic E-state index is 12.7. The van der Waals surface area contributed by atoms with Crippen LogP contribution in [0.25, 0.3) is 0 Å². The van der Waals surface area contributed by atoms with Gasteiger partial charge in [-0.25, -0.2) is 8.42 Å². The van der Waals surface area contributed by atoms with E-state index in [-0.39, 0.29) is 6.04 Å². The fourth-order valence-electron chi connectivity index (χ4n) is 2.55. The number of benzene rings is 1. The van der Waals surface area contributed by atoms with E-state index in [1.165, 1.54) is 0 Å². The Morgan fingerprint density at radius 2 is 2.00 bits per heavy atom. The Kier molecular flexibility index (Phi) is 4.38. The Labute approximate surface area is 124 Å². The van der Waals surface area contributed by atoms with Gasteiger partial charge >= 0.3 is 0 Å². The third-order valence-corrected chi connectivity index (χ3v) is 6.92. The van der Waals surface area contributed by atoms with Crippen LogP contribution < -0.4 is 0 Å². The average Bonchev–Trinajstić information content (AvgIpc) is 2.35. The van der Waals surface area contributed by atoms with E-state index in [0.29, 0.717) is 17.4 Å². The Hall–Kier alpha value is -0.390. The SMILES string of the molecule is Cc1cc(S(=O)(=O)N2CCCC(C)C2C)ccc1Br. The monoisotopic (exact) mass is 345 g/mol. The first-order chi connectivity index (χ1) is 8.84. The summed E-state index contributed by atoms with van der Waals surface area (Å²) in [6.45, 7) is 6.67. The van der Waals surface area contributed by atoms with Gasteiger partial charge in [-0.15, -0.1) is 0 Å². The third kappa shape index (κ3) is 2.88. The number of aryl methyl sites for hydroxylation is 1. The van der Waals surface area contributed by atoms with Crippen molar-refractivity contribution < 1.29 is 8.42 Å². The van der Waals surface area contributed by atoms with Gasteiger partial charge in [0.2, 0.25) is 10.0 Å². The first-order valence-corrected chi connectivity index (χ1v) is 8.85. The zero-order chi connectivity index (χ0) is 14.2. The van der Waals surface area contributed by atoms with E-state index in [4.69, 9.17) is 0 Å². The normalized spacial score (nSPS) is 25.5. The molecule has 1 aliphatic heterocycles. The fourth-order valence-corrected chi connectivity index (χ4v) is 4.65. The lowest BCUT2D eigenvalue weighted by Crippen LogP contribution is -2.45. The standard InChI is InChI=1S/C14H20BrNO2S/c1-10-5-4-8-16(12(10)3)19(17,18)13-6-7-14(15)11(2)9-13/h6-7,9-10,12H,4-5,8H2,1-3H3. The molecule has 1 aromatic carbocycles. The first-order valence-electron chi connectivity index (χ1n) is 6.62. The summed E-state index contributed by atoms with van der Waals surface area (Å²) in [5.74, 6) is 0.417. The molecule has 0 N–H and O–H groups in total. The molecule has 3 nitrogen and oxygen atoms in total. The zero-order valence-corrected chi connectivity index (χ0v) is 14.0. The topological polar surface area (TPSA) is 37.4 Å². The summed E-state index contributed by atoms with van der Waals surface area (Å²) in [6.07, 6.45) is 2.05. The second kappa shape index (κ2) is 5.54. The van der Waals surface area contributed by atoms with E-state index in [2.05, 4.69) is 22.9 Å². The van der Waals surface area contributed by atoms with Gasteiger partial charge in [0, 0.05) is 17.1 Å². The van der Waals surface area contributed by atoms with Crippen molar-refractivity contribution in [3.05, 3.63) is 28.2 Å². The van der Waals surface area contributed by atoms with Crippen molar-refractivity contribution >= 4 is 26.0 Å². The van der Waals surface area contributed by atoms with Gasteiger partial charge in [-0.05, 0) is 56.4 Å². The summed E-state index contributed by atoms with van der Waals surface area (Å²) in [5.41, 5.74) is 0.943. The Balaban J connectivity index is 2.38. The number of sulfonamides is 1. The Bertz CT molecular complexity index is 571. The number of rotatable bonds is 2. The van der Waals surface area contributed by atoms with Crippen LogP contribution in [0.4, 0.5) is 0 Å². The van der Waals surface area contributed by atoms with Crippen molar-refractivity contribution in [3.63, 3.8) is 0 Å². The van der Waals surface area contributed by atoms with Gasteiger partial charge in [-0.2, -0.15) is 4.31 Å². The van der Waals surface area contributed by atoms with Gasteiger partial charge in [0.15, 0.2) is 0 Å². The summed E-state index contributed by atoms with van der Waals surface area (Å²) in [4.78, 5) is 0.397. The molecule has 1 saturated heterocycles. The molecule has 2 atom stereocenters. The number of halogens is 1. The highest BCUT2D eigenvalue weighted by Crippen LogP contribution is 2.30. The van der Waals surface area contributed by atoms with Crippen molar-refractivity contribution in [1.29, 1.82) is 0 Å². The van der Waals surface area contributed by atoms with Crippen molar-refractivity contribution in [2.45, 2.75) is 44.6 Å². The van der Waals surface area contributed by atoms with Crippen LogP contribution in [-0.4, -0.2) is 25.3 Å². The highest BCUT2D eigenvalue weighted by Gasteiger charge is 2.34. The van der Waals surface area contributed by atoms with Crippen molar-refractivity contribution in [2.75, 3.05) is 6.54 Å². The number of nitrogens with zero attached hydrogens (tertiary/aromatic N) is 1. The van der Waals surface area contributed by atoms with E-state index in [0.717, 1.165) is 22.9 Å². The smallest absolute Gasteiger partial charge is 0.207 e. The van der Waals surface area contributed by atoms with Gasteiger partial charge in [-0.1, -0.05) is 22.9 Å². The first kappa shape index (κ1) is 15.0. The molecule has 0 aliphatic carbocycles. The lowest BCUT2D eigenvalue weighted by atomic mass is 9.94. The highest BCUT2D eigenvalue weighted by molar-refractivity contribution is 9.10. The Morgan fingerprint density at radius 3 is 2.63 bits per heavy atom. The maximum absolute atomic E-state index is 12.7. The van der Waals surface area contributed by atoms with E-state index < -0.39 is 10.0 Å². The van der Waals surface area contributed by atoms with Crippen molar-refractivity contribution in [2.24, 2.45) is 5.92 Å². The molecule has 1 fully saturated rings. The van der Waals surface area contributed by atoms with Gasteiger partial charge in [0.05, 0.1) is 4.90 Å². The predicted molar refractivity (Wildman–Crippen MR) is 80.6 cm³/mol. The van der Waals surface area contributed by atoms with Crippen LogP contribution in [0.3, 0.4) is 0 Å². The quantitative estimate of drug-likeness (QED) is 0.821. The summed E-state index contributed by atoms with van der Waals surface area (Å²) < 4.78 is 28.0. The van der Waals surface area contributed by atoms with Crippen LogP contribution in [0.1, 0.15) is 32.3 Å². The number of hydrogen-bond acceptors (Lipinski definition) is 2. The molecule has 1 heterocycles. The average molecular weight is 346 g/mol. The molecule has 0 radical (unpaired) electrons. The molecule has 2 rings (SSSR count). The lowest BCUT2D eigenvalue weighted by Gasteiger charge is -2.36. The highest BCUT2D eigenvalue weighted by atomic mass is 79.9. The molecule has 1 aliphatic rings. The predicted octanol–water partition coefficient (Wildman–Crippen LogP) is 3.57. The molecule has 19 heavy (non-hydrogen) atoms. The van der Waals surface area contributed by atoms with Gasteiger partial charge in [0.1, 0.15) is 0 Å². The summed E-state index contributed by atoms with van der Waals surface area (Å²) >= 11 is 3.41. The summed E-state index contributed by atoms with van der Waals surface area (Å²) in [5, 5.41) is 0. The number of piperidine rings is 1. The Morgan fingerprint density at radius 1 is 1.32 bits per heavy atom. The lowest BCUT2D eigenvalue weighted by molar-refractivity contribution is 0.202. The molecule has 0 spiro atoms. The number of hydrogen-bond donors (Lipinski definition) is 0. The van der Waals surface area contributed by atoms with E-state index in [9.17, 15) is 8.42 Å². The minimum Gasteiger partial charge on any atom is -0.207 e. The van der Waals surface area contributed by atoms with Gasteiger partial charge < -0.3 is 0 Å². The van der Waals surface area contributed by atoms with Crippen LogP contribution in [-0.2, 0) is 10.0 Å². The molecular weight excluding hydrogens is 326 g/mol. The van der Waals surface area contributed by atoms with Gasteiger partial charge in [-0.3, -0.25) is 0 Å². The fraction of sp³-hybridized carbons (Fsp3) is 0.571. The van der Waals surface area contributed by atoms with Crippen molar-refractivity contribution in [3.8, 4) is 0 Å². The second-order valence-corrected chi connectivity index (χ2v) is 8.13. The van der Waals surface area contributed by atoms with Crippen LogP contribution in [0.2, 0.25) is 0 Å². The molecule has 0 aromatic heterocycles. The maximum Gasteiger partial charge on any atom is 0.243 e. The largest absolute Gasteiger partial charge is 0.243 e. The molecule has 0 saturated carbocycles.